The summed E-state index contributed by atoms with van der Waals surface area (Å²) < 4.78 is 0. The Bertz CT molecular complexity index is 144. The predicted octanol–water partition coefficient (Wildman–Crippen LogP) is 2.02. The Balaban J connectivity index is 1.97. The van der Waals surface area contributed by atoms with Gasteiger partial charge < -0.3 is 5.73 Å². The van der Waals surface area contributed by atoms with Crippen LogP contribution in [0.2, 0.25) is 0 Å². The van der Waals surface area contributed by atoms with Crippen LogP contribution in [0.1, 0.15) is 32.6 Å². The van der Waals surface area contributed by atoms with Crippen LogP contribution < -0.4 is 5.73 Å². The second-order valence-electron chi connectivity index (χ2n) is 4.43. The summed E-state index contributed by atoms with van der Waals surface area (Å²) in [6.45, 7) is 3.35. The number of hydrogen-bond donors (Lipinski definition) is 1. The highest BCUT2D eigenvalue weighted by Crippen LogP contribution is 2.53. The van der Waals surface area contributed by atoms with Crippen LogP contribution in [-0.4, -0.2) is 6.54 Å². The maximum absolute atomic E-state index is 5.59. The monoisotopic (exact) mass is 153 g/mol. The summed E-state index contributed by atoms with van der Waals surface area (Å²) in [7, 11) is 0. The lowest BCUT2D eigenvalue weighted by molar-refractivity contribution is 0.308. The van der Waals surface area contributed by atoms with Gasteiger partial charge in [0.2, 0.25) is 0 Å². The molecule has 0 spiro atoms. The van der Waals surface area contributed by atoms with Gasteiger partial charge in [0.1, 0.15) is 0 Å². The van der Waals surface area contributed by atoms with E-state index in [1.807, 2.05) is 0 Å². The normalized spacial score (nSPS) is 48.5. The number of fused-ring (bicyclic) bond motifs is 2. The van der Waals surface area contributed by atoms with E-state index < -0.39 is 0 Å². The van der Waals surface area contributed by atoms with E-state index in [4.69, 9.17) is 5.73 Å². The predicted molar refractivity (Wildman–Crippen MR) is 47.2 cm³/mol. The summed E-state index contributed by atoms with van der Waals surface area (Å²) in [4.78, 5) is 0. The molecule has 2 aliphatic carbocycles. The lowest BCUT2D eigenvalue weighted by Gasteiger charge is -2.20. The Kier molecular flexibility index (Phi) is 1.92. The smallest absolute Gasteiger partial charge is 0.00745 e. The lowest BCUT2D eigenvalue weighted by atomic mass is 9.86. The quantitative estimate of drug-likeness (QED) is 0.645. The van der Waals surface area contributed by atoms with Crippen molar-refractivity contribution in [3.05, 3.63) is 0 Å². The molecule has 64 valence electrons. The van der Waals surface area contributed by atoms with Crippen molar-refractivity contribution in [1.29, 1.82) is 0 Å². The summed E-state index contributed by atoms with van der Waals surface area (Å²) in [6.07, 6.45) is 5.78. The SMILES string of the molecule is C[C@H]1C2CC[C@H]1C(CCN)C2. The molecule has 1 heteroatoms. The van der Waals surface area contributed by atoms with Crippen molar-refractivity contribution >= 4 is 0 Å². The van der Waals surface area contributed by atoms with Gasteiger partial charge in [0.15, 0.2) is 0 Å². The first kappa shape index (κ1) is 7.60. The number of rotatable bonds is 2. The standard InChI is InChI=1S/C10H19N/c1-7-8-2-3-10(7)9(6-8)4-5-11/h7-10H,2-6,11H2,1H3/t7-,8?,9?,10+/m0/s1. The maximum atomic E-state index is 5.59. The first-order chi connectivity index (χ1) is 5.33. The molecular formula is C10H19N. The van der Waals surface area contributed by atoms with Gasteiger partial charge in [-0.05, 0) is 55.9 Å². The zero-order valence-electron chi connectivity index (χ0n) is 7.42. The molecule has 0 amide bonds. The van der Waals surface area contributed by atoms with Crippen molar-refractivity contribution in [2.45, 2.75) is 32.6 Å². The van der Waals surface area contributed by atoms with Crippen molar-refractivity contribution < 1.29 is 0 Å². The topological polar surface area (TPSA) is 26.0 Å². The zero-order chi connectivity index (χ0) is 7.84. The van der Waals surface area contributed by atoms with Gasteiger partial charge >= 0.3 is 0 Å². The Hall–Kier alpha value is -0.0400. The summed E-state index contributed by atoms with van der Waals surface area (Å²) in [5.41, 5.74) is 5.59. The largest absolute Gasteiger partial charge is 0.330 e. The van der Waals surface area contributed by atoms with E-state index in [0.29, 0.717) is 0 Å². The molecule has 2 unspecified atom stereocenters. The first-order valence-corrected chi connectivity index (χ1v) is 5.03. The molecule has 2 N–H and O–H groups in total. The van der Waals surface area contributed by atoms with Crippen LogP contribution in [-0.2, 0) is 0 Å². The van der Waals surface area contributed by atoms with Gasteiger partial charge in [-0.25, -0.2) is 0 Å². The molecule has 0 aromatic rings. The molecule has 11 heavy (non-hydrogen) atoms. The second-order valence-corrected chi connectivity index (χ2v) is 4.43. The van der Waals surface area contributed by atoms with E-state index >= 15 is 0 Å². The van der Waals surface area contributed by atoms with E-state index in [1.54, 1.807) is 0 Å². The molecular weight excluding hydrogens is 134 g/mol. The average Bonchev–Trinajstić information content (AvgIpc) is 2.47. The van der Waals surface area contributed by atoms with Crippen LogP contribution in [0.15, 0.2) is 0 Å². The average molecular weight is 153 g/mol. The Labute approximate surface area is 69.4 Å². The van der Waals surface area contributed by atoms with Gasteiger partial charge in [0, 0.05) is 0 Å². The molecule has 0 saturated heterocycles. The van der Waals surface area contributed by atoms with Crippen LogP contribution in [0.25, 0.3) is 0 Å². The Morgan fingerprint density at radius 1 is 1.36 bits per heavy atom. The third-order valence-electron chi connectivity index (χ3n) is 4.04. The van der Waals surface area contributed by atoms with E-state index in [-0.39, 0.29) is 0 Å². The highest BCUT2D eigenvalue weighted by atomic mass is 14.6. The van der Waals surface area contributed by atoms with E-state index in [1.165, 1.54) is 25.7 Å². The molecule has 0 aromatic carbocycles. The molecule has 2 aliphatic rings. The third-order valence-corrected chi connectivity index (χ3v) is 4.04. The molecule has 0 radical (unpaired) electrons. The maximum Gasteiger partial charge on any atom is -0.00745 e. The molecule has 0 heterocycles. The minimum Gasteiger partial charge on any atom is -0.330 e. The van der Waals surface area contributed by atoms with E-state index in [2.05, 4.69) is 6.92 Å². The highest BCUT2D eigenvalue weighted by Gasteiger charge is 2.44. The van der Waals surface area contributed by atoms with E-state index in [0.717, 1.165) is 30.2 Å². The minimum absolute atomic E-state index is 0.903. The fourth-order valence-corrected chi connectivity index (χ4v) is 3.39. The fourth-order valence-electron chi connectivity index (χ4n) is 3.39. The molecule has 0 aromatic heterocycles. The van der Waals surface area contributed by atoms with Gasteiger partial charge in [-0.2, -0.15) is 0 Å². The van der Waals surface area contributed by atoms with Crippen LogP contribution in [0, 0.1) is 23.7 Å². The summed E-state index contributed by atoms with van der Waals surface area (Å²) in [5.74, 6) is 4.13. The van der Waals surface area contributed by atoms with Crippen molar-refractivity contribution in [1.82, 2.24) is 0 Å². The Morgan fingerprint density at radius 2 is 2.18 bits per heavy atom. The van der Waals surface area contributed by atoms with Gasteiger partial charge in [0.25, 0.3) is 0 Å². The molecule has 1 nitrogen and oxygen atoms in total. The Morgan fingerprint density at radius 3 is 2.64 bits per heavy atom. The highest BCUT2D eigenvalue weighted by molar-refractivity contribution is 4.94. The fraction of sp³-hybridized carbons (Fsp3) is 1.00. The molecule has 2 rings (SSSR count). The molecule has 0 aliphatic heterocycles. The van der Waals surface area contributed by atoms with Crippen LogP contribution >= 0.6 is 0 Å². The lowest BCUT2D eigenvalue weighted by Crippen LogP contribution is -2.15. The third kappa shape index (κ3) is 1.10. The van der Waals surface area contributed by atoms with Gasteiger partial charge in [-0.15, -0.1) is 0 Å². The van der Waals surface area contributed by atoms with E-state index in [9.17, 15) is 0 Å². The van der Waals surface area contributed by atoms with Gasteiger partial charge in [-0.1, -0.05) is 6.92 Å². The summed E-state index contributed by atoms with van der Waals surface area (Å²) in [5, 5.41) is 0. The number of hydrogen-bond acceptors (Lipinski definition) is 1. The summed E-state index contributed by atoms with van der Waals surface area (Å²) in [6, 6.07) is 0. The molecule has 4 atom stereocenters. The van der Waals surface area contributed by atoms with Crippen LogP contribution in [0.3, 0.4) is 0 Å². The second kappa shape index (κ2) is 2.78. The van der Waals surface area contributed by atoms with Crippen molar-refractivity contribution in [3.8, 4) is 0 Å². The summed E-state index contributed by atoms with van der Waals surface area (Å²) >= 11 is 0. The van der Waals surface area contributed by atoms with Crippen molar-refractivity contribution in [2.24, 2.45) is 29.4 Å². The van der Waals surface area contributed by atoms with Gasteiger partial charge in [-0.3, -0.25) is 0 Å². The van der Waals surface area contributed by atoms with Gasteiger partial charge in [0.05, 0.1) is 0 Å². The molecule has 2 fully saturated rings. The zero-order valence-corrected chi connectivity index (χ0v) is 7.42. The van der Waals surface area contributed by atoms with Crippen LogP contribution in [0.4, 0.5) is 0 Å². The first-order valence-electron chi connectivity index (χ1n) is 5.03. The molecule has 2 saturated carbocycles. The minimum atomic E-state index is 0.903. The van der Waals surface area contributed by atoms with Crippen molar-refractivity contribution in [3.63, 3.8) is 0 Å². The number of nitrogens with two attached hydrogens (primary N) is 1. The molecule has 2 bridgehead atoms. The van der Waals surface area contributed by atoms with Crippen LogP contribution in [0.5, 0.6) is 0 Å². The van der Waals surface area contributed by atoms with Crippen molar-refractivity contribution in [2.75, 3.05) is 6.54 Å².